The smallest absolute Gasteiger partial charge is 0.000683 e. The fourth-order valence-corrected chi connectivity index (χ4v) is 2.47. The topological polar surface area (TPSA) is 3.24 Å². The Bertz CT molecular complexity index is 99.4. The van der Waals surface area contributed by atoms with Crippen LogP contribution in [0.15, 0.2) is 0 Å². The van der Waals surface area contributed by atoms with Crippen molar-refractivity contribution in [2.75, 3.05) is 20.1 Å². The molecule has 2 bridgehead atoms. The number of rotatable bonds is 0. The first-order valence-electron chi connectivity index (χ1n) is 5.03. The molecule has 2 rings (SSSR count). The molecule has 1 aliphatic carbocycles. The fraction of sp³-hybridized carbons (Fsp3) is 1.00. The summed E-state index contributed by atoms with van der Waals surface area (Å²) in [6.07, 6.45) is 4.55. The highest BCUT2D eigenvalue weighted by Crippen LogP contribution is 2.35. The van der Waals surface area contributed by atoms with Crippen LogP contribution >= 0.6 is 0 Å². The van der Waals surface area contributed by atoms with E-state index < -0.39 is 0 Å². The summed E-state index contributed by atoms with van der Waals surface area (Å²) >= 11 is 0. The second kappa shape index (κ2) is 4.10. The predicted octanol–water partition coefficient (Wildman–Crippen LogP) is 2.37. The zero-order valence-electron chi connectivity index (χ0n) is 8.14. The minimum atomic E-state index is 1.06. The van der Waals surface area contributed by atoms with Crippen LogP contribution in [0.25, 0.3) is 0 Å². The van der Waals surface area contributed by atoms with Crippen molar-refractivity contribution in [3.63, 3.8) is 0 Å². The van der Waals surface area contributed by atoms with Gasteiger partial charge in [0.15, 0.2) is 0 Å². The quantitative estimate of drug-likeness (QED) is 0.519. The summed E-state index contributed by atoms with van der Waals surface area (Å²) in [7, 11) is 2.25. The highest BCUT2D eigenvalue weighted by atomic mass is 15.1. The van der Waals surface area contributed by atoms with E-state index in [1.165, 1.54) is 32.4 Å². The molecule has 0 N–H and O–H groups in total. The maximum absolute atomic E-state index is 2.49. The van der Waals surface area contributed by atoms with E-state index in [9.17, 15) is 0 Å². The van der Waals surface area contributed by atoms with Gasteiger partial charge >= 0.3 is 0 Å². The Morgan fingerprint density at radius 1 is 1.00 bits per heavy atom. The molecule has 0 aromatic carbocycles. The average Bonchev–Trinajstić information content (AvgIpc) is 2.35. The van der Waals surface area contributed by atoms with Gasteiger partial charge in [-0.3, -0.25) is 0 Å². The average molecular weight is 155 g/mol. The van der Waals surface area contributed by atoms with Crippen molar-refractivity contribution in [1.82, 2.24) is 4.90 Å². The largest absolute Gasteiger partial charge is 0.306 e. The van der Waals surface area contributed by atoms with Gasteiger partial charge in [-0.25, -0.2) is 0 Å². The third kappa shape index (κ3) is 2.19. The van der Waals surface area contributed by atoms with E-state index in [2.05, 4.69) is 11.9 Å². The first-order chi connectivity index (χ1) is 5.34. The monoisotopic (exact) mass is 155 g/mol. The fourth-order valence-electron chi connectivity index (χ4n) is 2.47. The summed E-state index contributed by atoms with van der Waals surface area (Å²) in [5, 5.41) is 0. The van der Waals surface area contributed by atoms with Gasteiger partial charge < -0.3 is 4.90 Å². The van der Waals surface area contributed by atoms with Crippen molar-refractivity contribution < 1.29 is 0 Å². The predicted molar refractivity (Wildman–Crippen MR) is 49.7 cm³/mol. The third-order valence-corrected chi connectivity index (χ3v) is 2.79. The molecular weight excluding hydrogens is 134 g/mol. The van der Waals surface area contributed by atoms with E-state index in [-0.39, 0.29) is 0 Å². The molecule has 1 aliphatic heterocycles. The molecule has 66 valence electrons. The minimum absolute atomic E-state index is 1.06. The third-order valence-electron chi connectivity index (χ3n) is 2.79. The number of piperidine rings is 1. The lowest BCUT2D eigenvalue weighted by Crippen LogP contribution is -2.32. The highest BCUT2D eigenvalue weighted by Gasteiger charge is 2.30. The summed E-state index contributed by atoms with van der Waals surface area (Å²) < 4.78 is 0. The van der Waals surface area contributed by atoms with E-state index in [4.69, 9.17) is 0 Å². The Hall–Kier alpha value is -0.0400. The Kier molecular flexibility index (Phi) is 3.38. The van der Waals surface area contributed by atoms with Crippen molar-refractivity contribution in [2.24, 2.45) is 11.8 Å². The summed E-state index contributed by atoms with van der Waals surface area (Å²) in [4.78, 5) is 2.49. The van der Waals surface area contributed by atoms with Crippen molar-refractivity contribution in [3.05, 3.63) is 0 Å². The van der Waals surface area contributed by atoms with E-state index in [1.54, 1.807) is 0 Å². The van der Waals surface area contributed by atoms with Crippen LogP contribution in [-0.2, 0) is 0 Å². The minimum Gasteiger partial charge on any atom is -0.306 e. The van der Waals surface area contributed by atoms with Gasteiger partial charge in [-0.1, -0.05) is 13.8 Å². The highest BCUT2D eigenvalue weighted by molar-refractivity contribution is 4.83. The Labute approximate surface area is 70.8 Å². The van der Waals surface area contributed by atoms with Gasteiger partial charge in [-0.2, -0.15) is 0 Å². The zero-order chi connectivity index (χ0) is 8.27. The van der Waals surface area contributed by atoms with E-state index in [0.29, 0.717) is 0 Å². The molecular formula is C10H21N. The van der Waals surface area contributed by atoms with Crippen LogP contribution in [-0.4, -0.2) is 25.0 Å². The van der Waals surface area contributed by atoms with Gasteiger partial charge in [0.25, 0.3) is 0 Å². The molecule has 0 spiro atoms. The van der Waals surface area contributed by atoms with E-state index >= 15 is 0 Å². The molecule has 2 aliphatic rings. The van der Waals surface area contributed by atoms with Crippen LogP contribution in [0.5, 0.6) is 0 Å². The Balaban J connectivity index is 0.000000281. The van der Waals surface area contributed by atoms with Crippen LogP contribution in [0.1, 0.15) is 33.1 Å². The number of fused-ring (bicyclic) bond motifs is 2. The summed E-state index contributed by atoms with van der Waals surface area (Å²) in [5.41, 5.74) is 0. The van der Waals surface area contributed by atoms with Crippen LogP contribution in [0.3, 0.4) is 0 Å². The van der Waals surface area contributed by atoms with Crippen LogP contribution in [0.4, 0.5) is 0 Å². The molecule has 0 amide bonds. The number of likely N-dealkylation sites (tertiary alicyclic amines) is 1. The molecule has 1 saturated carbocycles. The summed E-state index contributed by atoms with van der Waals surface area (Å²) in [6, 6.07) is 0. The molecule has 0 aromatic heterocycles. The lowest BCUT2D eigenvalue weighted by atomic mass is 10.00. The number of hydrogen-bond acceptors (Lipinski definition) is 1. The first-order valence-corrected chi connectivity index (χ1v) is 5.03. The van der Waals surface area contributed by atoms with Crippen LogP contribution in [0.2, 0.25) is 0 Å². The normalized spacial score (nSPS) is 36.3. The first kappa shape index (κ1) is 9.05. The van der Waals surface area contributed by atoms with Gasteiger partial charge in [0.05, 0.1) is 0 Å². The zero-order valence-corrected chi connectivity index (χ0v) is 8.14. The molecule has 11 heavy (non-hydrogen) atoms. The van der Waals surface area contributed by atoms with Gasteiger partial charge in [0.2, 0.25) is 0 Å². The lowest BCUT2D eigenvalue weighted by Gasteiger charge is -2.27. The Morgan fingerprint density at radius 2 is 1.45 bits per heavy atom. The second-order valence-electron chi connectivity index (χ2n) is 3.77. The van der Waals surface area contributed by atoms with Gasteiger partial charge in [0.1, 0.15) is 0 Å². The van der Waals surface area contributed by atoms with Crippen molar-refractivity contribution in [3.8, 4) is 0 Å². The Morgan fingerprint density at radius 3 is 1.91 bits per heavy atom. The maximum atomic E-state index is 2.49. The maximum Gasteiger partial charge on any atom is 0.000683 e. The van der Waals surface area contributed by atoms with Gasteiger partial charge in [-0.05, 0) is 38.1 Å². The van der Waals surface area contributed by atoms with Crippen LogP contribution in [0, 0.1) is 11.8 Å². The number of hydrogen-bond donors (Lipinski definition) is 0. The molecule has 2 fully saturated rings. The van der Waals surface area contributed by atoms with Crippen molar-refractivity contribution in [2.45, 2.75) is 33.1 Å². The molecule has 1 heteroatoms. The number of nitrogens with zero attached hydrogens (tertiary/aromatic N) is 1. The summed E-state index contributed by atoms with van der Waals surface area (Å²) in [5.74, 6) is 2.13. The molecule has 0 radical (unpaired) electrons. The van der Waals surface area contributed by atoms with E-state index in [1.807, 2.05) is 13.8 Å². The van der Waals surface area contributed by atoms with Gasteiger partial charge in [0, 0.05) is 13.1 Å². The standard InChI is InChI=1S/C8H15N.C2H6/c1-9-5-7-2-3-8(4-7)6-9;1-2/h7-8H,2-6H2,1H3;1-2H3. The van der Waals surface area contributed by atoms with E-state index in [0.717, 1.165) is 11.8 Å². The molecule has 1 saturated heterocycles. The molecule has 1 nitrogen and oxygen atoms in total. The van der Waals surface area contributed by atoms with Crippen LogP contribution < -0.4 is 0 Å². The van der Waals surface area contributed by atoms with Crippen molar-refractivity contribution >= 4 is 0 Å². The second-order valence-corrected chi connectivity index (χ2v) is 3.77. The lowest BCUT2D eigenvalue weighted by molar-refractivity contribution is 0.203. The summed E-state index contributed by atoms with van der Waals surface area (Å²) in [6.45, 7) is 6.74. The molecule has 2 atom stereocenters. The SMILES string of the molecule is CC.CN1CC2CCC(C2)C1. The van der Waals surface area contributed by atoms with Crippen molar-refractivity contribution in [1.29, 1.82) is 0 Å². The molecule has 1 heterocycles. The molecule has 2 unspecified atom stereocenters. The molecule has 0 aromatic rings. The van der Waals surface area contributed by atoms with Gasteiger partial charge in [-0.15, -0.1) is 0 Å².